The van der Waals surface area contributed by atoms with E-state index in [9.17, 15) is 18.4 Å². The summed E-state index contributed by atoms with van der Waals surface area (Å²) in [6, 6.07) is 2.50. The van der Waals surface area contributed by atoms with Crippen LogP contribution < -0.4 is 5.32 Å². The Morgan fingerprint density at radius 2 is 2.04 bits per heavy atom. The number of rotatable bonds is 3. The number of nitriles is 1. The highest BCUT2D eigenvalue weighted by Gasteiger charge is 2.36. The molecule has 5 nitrogen and oxygen atoms in total. The van der Waals surface area contributed by atoms with Crippen molar-refractivity contribution in [3.05, 3.63) is 34.9 Å². The smallest absolute Gasteiger partial charge is 0.260 e. The van der Waals surface area contributed by atoms with Crippen LogP contribution in [0.1, 0.15) is 36.2 Å². The van der Waals surface area contributed by atoms with Crippen molar-refractivity contribution in [2.45, 2.75) is 26.3 Å². The zero-order chi connectivity index (χ0) is 17.1. The van der Waals surface area contributed by atoms with Crippen LogP contribution in [0.2, 0.25) is 0 Å². The van der Waals surface area contributed by atoms with Crippen molar-refractivity contribution < 1.29 is 18.4 Å². The van der Waals surface area contributed by atoms with E-state index in [-0.39, 0.29) is 30.5 Å². The zero-order valence-corrected chi connectivity index (χ0v) is 12.9. The average Bonchev–Trinajstić information content (AvgIpc) is 2.47. The lowest BCUT2D eigenvalue weighted by atomic mass is 9.98. The highest BCUT2D eigenvalue weighted by Crippen LogP contribution is 2.22. The molecular formula is C16H17F2N3O2. The molecule has 1 aromatic carbocycles. The third-order valence-electron chi connectivity index (χ3n) is 3.67. The van der Waals surface area contributed by atoms with E-state index < -0.39 is 29.1 Å². The Morgan fingerprint density at radius 3 is 2.57 bits per heavy atom. The molecule has 1 atom stereocenters. The van der Waals surface area contributed by atoms with Crippen LogP contribution in [0, 0.1) is 28.9 Å². The van der Waals surface area contributed by atoms with Gasteiger partial charge in [0.1, 0.15) is 23.2 Å². The number of amides is 2. The van der Waals surface area contributed by atoms with Crippen molar-refractivity contribution in [1.82, 2.24) is 10.2 Å². The molecule has 1 N–H and O–H groups in total. The van der Waals surface area contributed by atoms with Gasteiger partial charge in [0, 0.05) is 13.1 Å². The van der Waals surface area contributed by atoms with E-state index in [1.54, 1.807) is 6.07 Å². The summed E-state index contributed by atoms with van der Waals surface area (Å²) in [5, 5.41) is 11.4. The number of nitrogens with zero attached hydrogens (tertiary/aromatic N) is 2. The van der Waals surface area contributed by atoms with E-state index in [1.807, 2.05) is 13.8 Å². The van der Waals surface area contributed by atoms with Gasteiger partial charge in [-0.15, -0.1) is 0 Å². The molecule has 23 heavy (non-hydrogen) atoms. The van der Waals surface area contributed by atoms with Gasteiger partial charge in [0.2, 0.25) is 5.91 Å². The lowest BCUT2D eigenvalue weighted by molar-refractivity contribution is -0.128. The molecule has 0 radical (unpaired) electrons. The highest BCUT2D eigenvalue weighted by molar-refractivity contribution is 5.98. The molecule has 1 saturated heterocycles. The first kappa shape index (κ1) is 16.9. The molecule has 1 heterocycles. The number of piperazine rings is 1. The minimum Gasteiger partial charge on any atom is -0.353 e. The van der Waals surface area contributed by atoms with Gasteiger partial charge in [0.15, 0.2) is 0 Å². The summed E-state index contributed by atoms with van der Waals surface area (Å²) in [7, 11) is 0. The van der Waals surface area contributed by atoms with Crippen LogP contribution >= 0.6 is 0 Å². The first-order valence-corrected chi connectivity index (χ1v) is 7.33. The minimum absolute atomic E-state index is 0.134. The number of carbonyl (C=O) groups excluding carboxylic acids is 2. The molecule has 1 aromatic rings. The van der Waals surface area contributed by atoms with Crippen LogP contribution in [-0.2, 0) is 4.79 Å². The quantitative estimate of drug-likeness (QED) is 0.923. The van der Waals surface area contributed by atoms with Crippen molar-refractivity contribution in [3.63, 3.8) is 0 Å². The molecular weight excluding hydrogens is 304 g/mol. The van der Waals surface area contributed by atoms with Gasteiger partial charge < -0.3 is 10.2 Å². The second-order valence-corrected chi connectivity index (χ2v) is 5.86. The molecule has 2 rings (SSSR count). The first-order chi connectivity index (χ1) is 10.8. The lowest BCUT2D eigenvalue weighted by Crippen LogP contribution is -2.57. The first-order valence-electron chi connectivity index (χ1n) is 7.33. The summed E-state index contributed by atoms with van der Waals surface area (Å²) >= 11 is 0. The van der Waals surface area contributed by atoms with Gasteiger partial charge in [-0.2, -0.15) is 5.26 Å². The van der Waals surface area contributed by atoms with Crippen LogP contribution in [0.4, 0.5) is 8.78 Å². The Labute approximate surface area is 132 Å². The fraction of sp³-hybridized carbons (Fsp3) is 0.438. The third kappa shape index (κ3) is 3.47. The normalized spacial score (nSPS) is 17.8. The predicted octanol–water partition coefficient (Wildman–Crippen LogP) is 1.82. The average molecular weight is 321 g/mol. The Morgan fingerprint density at radius 1 is 1.43 bits per heavy atom. The summed E-state index contributed by atoms with van der Waals surface area (Å²) in [5.41, 5.74) is -0.931. The fourth-order valence-electron chi connectivity index (χ4n) is 2.62. The third-order valence-corrected chi connectivity index (χ3v) is 3.67. The van der Waals surface area contributed by atoms with E-state index in [1.165, 1.54) is 4.90 Å². The minimum atomic E-state index is -1.10. The summed E-state index contributed by atoms with van der Waals surface area (Å²) in [6.45, 7) is 4.21. The molecule has 0 saturated carbocycles. The molecule has 1 fully saturated rings. The van der Waals surface area contributed by atoms with Gasteiger partial charge in [0.05, 0.1) is 11.6 Å². The zero-order valence-electron chi connectivity index (χ0n) is 12.9. The summed E-state index contributed by atoms with van der Waals surface area (Å²) in [4.78, 5) is 25.8. The monoisotopic (exact) mass is 321 g/mol. The van der Waals surface area contributed by atoms with Gasteiger partial charge in [0.25, 0.3) is 5.91 Å². The van der Waals surface area contributed by atoms with Gasteiger partial charge >= 0.3 is 0 Å². The van der Waals surface area contributed by atoms with Crippen LogP contribution in [-0.4, -0.2) is 35.8 Å². The fourth-order valence-corrected chi connectivity index (χ4v) is 2.62. The highest BCUT2D eigenvalue weighted by atomic mass is 19.1. The number of nitrogens with one attached hydrogen (secondary N) is 1. The number of halogens is 2. The molecule has 122 valence electrons. The Kier molecular flexibility index (Phi) is 4.94. The molecule has 1 aliphatic rings. The van der Waals surface area contributed by atoms with Crippen LogP contribution in [0.3, 0.4) is 0 Å². The second kappa shape index (κ2) is 6.73. The van der Waals surface area contributed by atoms with Crippen molar-refractivity contribution in [2.75, 3.05) is 13.1 Å². The van der Waals surface area contributed by atoms with Crippen LogP contribution in [0.15, 0.2) is 12.1 Å². The topological polar surface area (TPSA) is 73.2 Å². The summed E-state index contributed by atoms with van der Waals surface area (Å²) in [5.74, 6) is -3.26. The number of benzene rings is 1. The van der Waals surface area contributed by atoms with Gasteiger partial charge in [-0.3, -0.25) is 9.59 Å². The van der Waals surface area contributed by atoms with Crippen LogP contribution in [0.5, 0.6) is 0 Å². The van der Waals surface area contributed by atoms with Crippen LogP contribution in [0.25, 0.3) is 0 Å². The van der Waals surface area contributed by atoms with Crippen molar-refractivity contribution in [1.29, 1.82) is 5.26 Å². The Bertz CT molecular complexity index is 659. The Balaban J connectivity index is 2.38. The van der Waals surface area contributed by atoms with Gasteiger partial charge in [-0.05, 0) is 24.5 Å². The molecule has 1 aliphatic heterocycles. The molecule has 0 aromatic heterocycles. The lowest BCUT2D eigenvalue weighted by Gasteiger charge is -2.36. The Hall–Kier alpha value is -2.49. The van der Waals surface area contributed by atoms with E-state index in [4.69, 9.17) is 5.26 Å². The molecule has 2 amide bonds. The van der Waals surface area contributed by atoms with Crippen molar-refractivity contribution in [2.24, 2.45) is 5.92 Å². The van der Waals surface area contributed by atoms with E-state index in [0.717, 1.165) is 12.1 Å². The summed E-state index contributed by atoms with van der Waals surface area (Å²) in [6.07, 6.45) is 0.400. The van der Waals surface area contributed by atoms with E-state index >= 15 is 0 Å². The van der Waals surface area contributed by atoms with Crippen molar-refractivity contribution in [3.8, 4) is 6.07 Å². The number of hydrogen-bond donors (Lipinski definition) is 1. The maximum Gasteiger partial charge on any atom is 0.260 e. The van der Waals surface area contributed by atoms with E-state index in [2.05, 4.69) is 5.32 Å². The molecule has 7 heteroatoms. The molecule has 0 bridgehead atoms. The maximum absolute atomic E-state index is 14.1. The molecule has 0 unspecified atom stereocenters. The summed E-state index contributed by atoms with van der Waals surface area (Å²) < 4.78 is 28.1. The largest absolute Gasteiger partial charge is 0.353 e. The number of carbonyl (C=O) groups is 2. The van der Waals surface area contributed by atoms with Gasteiger partial charge in [-0.25, -0.2) is 8.78 Å². The van der Waals surface area contributed by atoms with Crippen molar-refractivity contribution >= 4 is 11.8 Å². The second-order valence-electron chi connectivity index (χ2n) is 5.86. The standard InChI is InChI=1S/C16H17F2N3O2/c1-9(2)5-13-15(22)20-3-4-21(13)16(23)14-11(17)6-10(8-19)7-12(14)18/h6-7,9,13H,3-5H2,1-2H3,(H,20,22)/t13-/m1/s1. The van der Waals surface area contributed by atoms with Gasteiger partial charge in [-0.1, -0.05) is 13.8 Å². The number of hydrogen-bond acceptors (Lipinski definition) is 3. The SMILES string of the molecule is CC(C)C[C@@H]1C(=O)NCCN1C(=O)c1c(F)cc(C#N)cc1F. The maximum atomic E-state index is 14.1. The predicted molar refractivity (Wildman–Crippen MR) is 78.4 cm³/mol. The molecule has 0 aliphatic carbocycles. The van der Waals surface area contributed by atoms with E-state index in [0.29, 0.717) is 6.42 Å². The molecule has 0 spiro atoms.